The third-order valence-electron chi connectivity index (χ3n) is 2.44. The molecule has 0 spiro atoms. The Bertz CT molecular complexity index is 597. The number of halogens is 2. The molecule has 0 radical (unpaired) electrons. The highest BCUT2D eigenvalue weighted by Crippen LogP contribution is 2.33. The molecule has 104 valence electrons. The van der Waals surface area contributed by atoms with Gasteiger partial charge in [0.2, 0.25) is 5.91 Å². The molecule has 0 atom stereocenters. The van der Waals surface area contributed by atoms with Crippen LogP contribution in [0.1, 0.15) is 0 Å². The molecule has 3 nitrogen and oxygen atoms in total. The monoisotopic (exact) mass is 326 g/mol. The van der Waals surface area contributed by atoms with Crippen molar-refractivity contribution >= 4 is 52.2 Å². The molecule has 6 heteroatoms. The van der Waals surface area contributed by atoms with Crippen LogP contribution in [-0.2, 0) is 4.79 Å². The summed E-state index contributed by atoms with van der Waals surface area (Å²) in [7, 11) is 0. The molecule has 1 amide bonds. The molecule has 0 heterocycles. The van der Waals surface area contributed by atoms with E-state index in [9.17, 15) is 4.79 Å². The number of benzene rings is 2. The van der Waals surface area contributed by atoms with Crippen LogP contribution in [0.25, 0.3) is 0 Å². The Morgan fingerprint density at radius 2 is 1.75 bits per heavy atom. The zero-order chi connectivity index (χ0) is 14.5. The third-order valence-corrected chi connectivity index (χ3v) is 4.05. The minimum absolute atomic E-state index is 0.174. The number of hydrogen-bond acceptors (Lipinski definition) is 3. The van der Waals surface area contributed by atoms with E-state index in [2.05, 4.69) is 5.32 Å². The summed E-state index contributed by atoms with van der Waals surface area (Å²) in [4.78, 5) is 12.9. The maximum Gasteiger partial charge on any atom is 0.234 e. The Morgan fingerprint density at radius 1 is 1.15 bits per heavy atom. The summed E-state index contributed by atoms with van der Waals surface area (Å²) >= 11 is 13.5. The van der Waals surface area contributed by atoms with Crippen LogP contribution in [0.3, 0.4) is 0 Å². The van der Waals surface area contributed by atoms with E-state index in [0.29, 0.717) is 21.4 Å². The second-order valence-electron chi connectivity index (χ2n) is 4.01. The van der Waals surface area contributed by atoms with Gasteiger partial charge in [0.25, 0.3) is 0 Å². The number of nitrogens with one attached hydrogen (secondary N) is 1. The number of nitrogen functional groups attached to an aromatic ring is 1. The molecule has 2 rings (SSSR count). The van der Waals surface area contributed by atoms with Crippen molar-refractivity contribution in [3.63, 3.8) is 0 Å². The van der Waals surface area contributed by atoms with E-state index in [1.165, 1.54) is 11.8 Å². The van der Waals surface area contributed by atoms with Crippen LogP contribution in [0.2, 0.25) is 10.0 Å². The third kappa shape index (κ3) is 4.07. The first kappa shape index (κ1) is 15.0. The average Bonchev–Trinajstić information content (AvgIpc) is 2.42. The quantitative estimate of drug-likeness (QED) is 0.650. The van der Waals surface area contributed by atoms with Crippen LogP contribution < -0.4 is 11.1 Å². The summed E-state index contributed by atoms with van der Waals surface area (Å²) in [5.41, 5.74) is 6.45. The summed E-state index contributed by atoms with van der Waals surface area (Å²) < 4.78 is 0. The highest BCUT2D eigenvalue weighted by molar-refractivity contribution is 8.00. The number of hydrogen-bond donors (Lipinski definition) is 2. The maximum atomic E-state index is 11.9. The smallest absolute Gasteiger partial charge is 0.234 e. The minimum atomic E-state index is -0.174. The standard InChI is InChI=1S/C14H12Cl2N2OS/c15-11-6-9(17)7-12(16)14(11)18-13(19)8-20-10-4-2-1-3-5-10/h1-7H,8,17H2,(H,18,19). The molecule has 2 aromatic rings. The molecule has 3 N–H and O–H groups in total. The van der Waals surface area contributed by atoms with E-state index in [0.717, 1.165) is 4.90 Å². The molecule has 0 aliphatic heterocycles. The van der Waals surface area contributed by atoms with Crippen molar-refractivity contribution in [1.29, 1.82) is 0 Å². The summed E-state index contributed by atoms with van der Waals surface area (Å²) in [5.74, 6) is 0.105. The molecular formula is C14H12Cl2N2OS. The first-order chi connectivity index (χ1) is 9.56. The average molecular weight is 327 g/mol. The van der Waals surface area contributed by atoms with Gasteiger partial charge >= 0.3 is 0 Å². The van der Waals surface area contributed by atoms with Crippen molar-refractivity contribution in [3.8, 4) is 0 Å². The Kier molecular flexibility index (Phi) is 5.17. The molecule has 20 heavy (non-hydrogen) atoms. The fourth-order valence-corrected chi connectivity index (χ4v) is 2.87. The van der Waals surface area contributed by atoms with E-state index < -0.39 is 0 Å². The van der Waals surface area contributed by atoms with Gasteiger partial charge in [0.1, 0.15) is 0 Å². The largest absolute Gasteiger partial charge is 0.399 e. The topological polar surface area (TPSA) is 55.1 Å². The number of carbonyl (C=O) groups is 1. The number of rotatable bonds is 4. The summed E-state index contributed by atoms with van der Waals surface area (Å²) in [6.07, 6.45) is 0. The van der Waals surface area contributed by atoms with Gasteiger partial charge in [0.05, 0.1) is 21.5 Å². The van der Waals surface area contributed by atoms with Crippen LogP contribution in [0, 0.1) is 0 Å². The van der Waals surface area contributed by atoms with Crippen LogP contribution in [0.5, 0.6) is 0 Å². The number of nitrogens with two attached hydrogens (primary N) is 1. The lowest BCUT2D eigenvalue weighted by Gasteiger charge is -2.10. The lowest BCUT2D eigenvalue weighted by atomic mass is 10.3. The highest BCUT2D eigenvalue weighted by atomic mass is 35.5. The fourth-order valence-electron chi connectivity index (χ4n) is 1.55. The summed E-state index contributed by atoms with van der Waals surface area (Å²) in [6.45, 7) is 0. The molecular weight excluding hydrogens is 315 g/mol. The van der Waals surface area contributed by atoms with Crippen LogP contribution in [-0.4, -0.2) is 11.7 Å². The molecule has 0 aliphatic rings. The van der Waals surface area contributed by atoms with Gasteiger partial charge in [-0.2, -0.15) is 0 Å². The molecule has 0 bridgehead atoms. The lowest BCUT2D eigenvalue weighted by Crippen LogP contribution is -2.14. The zero-order valence-corrected chi connectivity index (χ0v) is 12.7. The molecule has 0 saturated carbocycles. The van der Waals surface area contributed by atoms with Gasteiger partial charge in [-0.1, -0.05) is 41.4 Å². The van der Waals surface area contributed by atoms with Gasteiger partial charge < -0.3 is 11.1 Å². The molecule has 0 saturated heterocycles. The van der Waals surface area contributed by atoms with Crippen LogP contribution in [0.15, 0.2) is 47.4 Å². The Morgan fingerprint density at radius 3 is 2.35 bits per heavy atom. The SMILES string of the molecule is Nc1cc(Cl)c(NC(=O)CSc2ccccc2)c(Cl)c1. The van der Waals surface area contributed by atoms with Crippen LogP contribution in [0.4, 0.5) is 11.4 Å². The normalized spacial score (nSPS) is 10.3. The second kappa shape index (κ2) is 6.88. The van der Waals surface area contributed by atoms with Crippen molar-refractivity contribution in [1.82, 2.24) is 0 Å². The van der Waals surface area contributed by atoms with Gasteiger partial charge in [-0.3, -0.25) is 4.79 Å². The first-order valence-electron chi connectivity index (χ1n) is 5.78. The van der Waals surface area contributed by atoms with Crippen molar-refractivity contribution in [2.24, 2.45) is 0 Å². The Hall–Kier alpha value is -1.36. The number of carbonyl (C=O) groups excluding carboxylic acids is 1. The molecule has 0 aromatic heterocycles. The predicted molar refractivity (Wildman–Crippen MR) is 86.7 cm³/mol. The summed E-state index contributed by atoms with van der Waals surface area (Å²) in [6, 6.07) is 12.8. The van der Waals surface area contributed by atoms with Crippen molar-refractivity contribution < 1.29 is 4.79 Å². The van der Waals surface area contributed by atoms with Gasteiger partial charge in [-0.15, -0.1) is 11.8 Å². The second-order valence-corrected chi connectivity index (χ2v) is 5.87. The van der Waals surface area contributed by atoms with E-state index in [1.54, 1.807) is 12.1 Å². The van der Waals surface area contributed by atoms with Gasteiger partial charge in [0.15, 0.2) is 0 Å². The number of anilines is 2. The molecule has 0 aliphatic carbocycles. The van der Waals surface area contributed by atoms with Gasteiger partial charge in [-0.05, 0) is 24.3 Å². The van der Waals surface area contributed by atoms with Crippen molar-refractivity contribution in [3.05, 3.63) is 52.5 Å². The van der Waals surface area contributed by atoms with Gasteiger partial charge in [0, 0.05) is 10.6 Å². The summed E-state index contributed by atoms with van der Waals surface area (Å²) in [5, 5.41) is 3.35. The zero-order valence-electron chi connectivity index (χ0n) is 10.4. The van der Waals surface area contributed by atoms with E-state index in [4.69, 9.17) is 28.9 Å². The van der Waals surface area contributed by atoms with E-state index >= 15 is 0 Å². The highest BCUT2D eigenvalue weighted by Gasteiger charge is 2.11. The predicted octanol–water partition coefficient (Wildman–Crippen LogP) is 4.31. The Balaban J connectivity index is 1.98. The molecule has 2 aromatic carbocycles. The molecule has 0 unspecified atom stereocenters. The lowest BCUT2D eigenvalue weighted by molar-refractivity contribution is -0.113. The maximum absolute atomic E-state index is 11.9. The number of amides is 1. The fraction of sp³-hybridized carbons (Fsp3) is 0.0714. The first-order valence-corrected chi connectivity index (χ1v) is 7.52. The Labute approximate surface area is 131 Å². The van der Waals surface area contributed by atoms with Gasteiger partial charge in [-0.25, -0.2) is 0 Å². The van der Waals surface area contributed by atoms with Crippen molar-refractivity contribution in [2.45, 2.75) is 4.90 Å². The van der Waals surface area contributed by atoms with E-state index in [-0.39, 0.29) is 11.7 Å². The van der Waals surface area contributed by atoms with Crippen molar-refractivity contribution in [2.75, 3.05) is 16.8 Å². The minimum Gasteiger partial charge on any atom is -0.399 e. The molecule has 0 fully saturated rings. The van der Waals surface area contributed by atoms with E-state index in [1.807, 2.05) is 30.3 Å². The van der Waals surface area contributed by atoms with Crippen LogP contribution >= 0.6 is 35.0 Å². The number of thioether (sulfide) groups is 1.